The second-order valence-corrected chi connectivity index (χ2v) is 6.73. The number of aliphatic hydroxyl groups excluding tert-OH is 2. The summed E-state index contributed by atoms with van der Waals surface area (Å²) in [5.41, 5.74) is 2.26. The number of carbonyl (C=O) groups is 1. The average molecular weight is 404 g/mol. The normalized spacial score (nSPS) is 25.9. The van der Waals surface area contributed by atoms with Crippen molar-refractivity contribution in [3.63, 3.8) is 0 Å². The van der Waals surface area contributed by atoms with Crippen LogP contribution >= 0.6 is 0 Å². The predicted molar refractivity (Wildman–Crippen MR) is 101 cm³/mol. The molecule has 1 saturated heterocycles. The first kappa shape index (κ1) is 22.4. The monoisotopic (exact) mass is 404 g/mol. The van der Waals surface area contributed by atoms with Crippen molar-refractivity contribution in [1.82, 2.24) is 9.55 Å². The summed E-state index contributed by atoms with van der Waals surface area (Å²) in [4.78, 5) is 27.6. The third-order valence-corrected chi connectivity index (χ3v) is 4.71. The van der Waals surface area contributed by atoms with Gasteiger partial charge in [0.25, 0.3) is 5.72 Å². The molecule has 1 fully saturated rings. The van der Waals surface area contributed by atoms with Gasteiger partial charge in [-0.15, -0.1) is 6.42 Å². The van der Waals surface area contributed by atoms with Crippen LogP contribution in [0, 0.1) is 23.7 Å². The highest BCUT2D eigenvalue weighted by molar-refractivity contribution is 5.69. The van der Waals surface area contributed by atoms with E-state index in [1.807, 2.05) is 0 Å². The average Bonchev–Trinajstić information content (AvgIpc) is 2.95. The Labute approximate surface area is 167 Å². The third kappa shape index (κ3) is 4.57. The van der Waals surface area contributed by atoms with Crippen molar-refractivity contribution < 1.29 is 24.5 Å². The molecule has 10 heteroatoms. The summed E-state index contributed by atoms with van der Waals surface area (Å²) in [6.45, 7) is 1.66. The zero-order valence-corrected chi connectivity index (χ0v) is 16.1. The molecular formula is C19H24N4O6. The summed E-state index contributed by atoms with van der Waals surface area (Å²) in [6, 6.07) is 1.69. The Morgan fingerprint density at radius 2 is 2.21 bits per heavy atom. The van der Waals surface area contributed by atoms with Gasteiger partial charge >= 0.3 is 11.7 Å². The Balaban J connectivity index is 2.17. The summed E-state index contributed by atoms with van der Waals surface area (Å²) in [7, 11) is 0. The Morgan fingerprint density at radius 1 is 1.48 bits per heavy atom. The van der Waals surface area contributed by atoms with Crippen LogP contribution in [0.25, 0.3) is 0 Å². The van der Waals surface area contributed by atoms with Gasteiger partial charge in [0.1, 0.15) is 36.8 Å². The van der Waals surface area contributed by atoms with E-state index >= 15 is 0 Å². The molecule has 0 saturated carbocycles. The van der Waals surface area contributed by atoms with E-state index in [9.17, 15) is 25.1 Å². The van der Waals surface area contributed by atoms with Crippen molar-refractivity contribution >= 4 is 11.8 Å². The predicted octanol–water partition coefficient (Wildman–Crippen LogP) is -0.383. The van der Waals surface area contributed by atoms with Gasteiger partial charge in [0.15, 0.2) is 0 Å². The fraction of sp³-hybridized carbons (Fsp3) is 0.579. The van der Waals surface area contributed by atoms with E-state index in [0.717, 1.165) is 25.5 Å². The van der Waals surface area contributed by atoms with Gasteiger partial charge in [-0.25, -0.2) is 4.79 Å². The van der Waals surface area contributed by atoms with E-state index in [4.69, 9.17) is 21.6 Å². The van der Waals surface area contributed by atoms with Gasteiger partial charge in [0, 0.05) is 12.6 Å². The first-order valence-electron chi connectivity index (χ1n) is 9.27. The second kappa shape index (κ2) is 9.52. The number of rotatable bonds is 8. The number of nitrogens with two attached hydrogens (primary N) is 1. The number of anilines is 1. The van der Waals surface area contributed by atoms with Crippen molar-refractivity contribution in [3.05, 3.63) is 22.2 Å². The quantitative estimate of drug-likeness (QED) is 0.298. The van der Waals surface area contributed by atoms with E-state index in [1.165, 1.54) is 0 Å². The van der Waals surface area contributed by atoms with Gasteiger partial charge in [0.2, 0.25) is 0 Å². The highest BCUT2D eigenvalue weighted by Gasteiger charge is 2.57. The molecule has 0 aromatic carbocycles. The fourth-order valence-electron chi connectivity index (χ4n) is 3.04. The summed E-state index contributed by atoms with van der Waals surface area (Å²) in [5, 5.41) is 30.4. The molecule has 4 N–H and O–H groups in total. The van der Waals surface area contributed by atoms with E-state index < -0.39 is 42.3 Å². The molecule has 0 radical (unpaired) electrons. The smallest absolute Gasteiger partial charge is 0.352 e. The molecule has 0 bridgehead atoms. The lowest BCUT2D eigenvalue weighted by atomic mass is 10.0. The summed E-state index contributed by atoms with van der Waals surface area (Å²) in [5.74, 6) is 1.50. The number of hydrogen-bond donors (Lipinski definition) is 3. The molecule has 1 aliphatic rings. The van der Waals surface area contributed by atoms with Crippen LogP contribution in [0.4, 0.5) is 5.82 Å². The molecule has 10 nitrogen and oxygen atoms in total. The molecule has 156 valence electrons. The zero-order valence-electron chi connectivity index (χ0n) is 16.1. The van der Waals surface area contributed by atoms with Gasteiger partial charge in [0.05, 0.1) is 5.56 Å². The van der Waals surface area contributed by atoms with Gasteiger partial charge < -0.3 is 25.4 Å². The molecule has 0 aliphatic carbocycles. The Hall–Kier alpha value is -2.92. The summed E-state index contributed by atoms with van der Waals surface area (Å²) >= 11 is 0. The zero-order chi connectivity index (χ0) is 21.6. The van der Waals surface area contributed by atoms with E-state index in [1.54, 1.807) is 6.07 Å². The van der Waals surface area contributed by atoms with Crippen LogP contribution in [0.1, 0.15) is 44.6 Å². The van der Waals surface area contributed by atoms with Gasteiger partial charge in [-0.2, -0.15) is 10.2 Å². The van der Waals surface area contributed by atoms with Crippen molar-refractivity contribution in [1.29, 1.82) is 5.26 Å². The minimum absolute atomic E-state index is 0.00599. The number of aromatic nitrogens is 2. The maximum Gasteiger partial charge on any atom is 0.352 e. The van der Waals surface area contributed by atoms with Crippen LogP contribution in [-0.4, -0.2) is 50.7 Å². The molecule has 4 atom stereocenters. The number of terminal acetylenes is 1. The van der Waals surface area contributed by atoms with Gasteiger partial charge in [-0.05, 0) is 6.42 Å². The Morgan fingerprint density at radius 3 is 2.83 bits per heavy atom. The first-order chi connectivity index (χ1) is 13.8. The maximum absolute atomic E-state index is 12.2. The number of nitrogen functional groups attached to an aromatic ring is 1. The maximum atomic E-state index is 12.2. The van der Waals surface area contributed by atoms with Crippen LogP contribution in [0.2, 0.25) is 0 Å². The van der Waals surface area contributed by atoms with E-state index in [-0.39, 0.29) is 17.8 Å². The van der Waals surface area contributed by atoms with Crippen LogP contribution in [0.5, 0.6) is 0 Å². The number of carbonyl (C=O) groups excluding carboxylic acids is 1. The van der Waals surface area contributed by atoms with Crippen LogP contribution in [-0.2, 0) is 20.0 Å². The van der Waals surface area contributed by atoms with Crippen molar-refractivity contribution in [2.75, 3.05) is 12.3 Å². The number of nitriles is 1. The highest BCUT2D eigenvalue weighted by atomic mass is 16.6. The lowest BCUT2D eigenvalue weighted by Gasteiger charge is -2.26. The van der Waals surface area contributed by atoms with Crippen molar-refractivity contribution in [2.45, 2.75) is 63.1 Å². The van der Waals surface area contributed by atoms with E-state index in [2.05, 4.69) is 17.8 Å². The fourth-order valence-corrected chi connectivity index (χ4v) is 3.04. The first-order valence-corrected chi connectivity index (χ1v) is 9.27. The second-order valence-electron chi connectivity index (χ2n) is 6.73. The minimum atomic E-state index is -2.30. The number of hydrogen-bond acceptors (Lipinski definition) is 9. The molecule has 1 aliphatic heterocycles. The molecule has 0 spiro atoms. The molecule has 2 heterocycles. The van der Waals surface area contributed by atoms with E-state index in [0.29, 0.717) is 11.0 Å². The van der Waals surface area contributed by atoms with Gasteiger partial charge in [-0.1, -0.05) is 32.1 Å². The lowest BCUT2D eigenvalue weighted by Crippen LogP contribution is -2.50. The Kier molecular flexibility index (Phi) is 7.35. The minimum Gasteiger partial charge on any atom is -0.463 e. The van der Waals surface area contributed by atoms with Crippen molar-refractivity contribution in [3.8, 4) is 18.4 Å². The van der Waals surface area contributed by atoms with Crippen LogP contribution < -0.4 is 11.4 Å². The van der Waals surface area contributed by atoms with Crippen LogP contribution in [0.3, 0.4) is 0 Å². The number of ether oxygens (including phenoxy) is 2. The number of esters is 1. The Bertz CT molecular complexity index is 886. The summed E-state index contributed by atoms with van der Waals surface area (Å²) < 4.78 is 11.3. The molecule has 1 aromatic heterocycles. The molecular weight excluding hydrogens is 380 g/mol. The highest BCUT2D eigenvalue weighted by Crippen LogP contribution is 2.35. The molecule has 4 unspecified atom stereocenters. The summed E-state index contributed by atoms with van der Waals surface area (Å²) in [6.07, 6.45) is 5.52. The largest absolute Gasteiger partial charge is 0.463 e. The third-order valence-electron chi connectivity index (χ3n) is 4.71. The standard InChI is InChI=1S/C19H24N4O6/c1-3-5-6-7-8-14(24)28-10-13-15(25)16(26)19(11-20,29-13)23-9-12(4-2)17(21)22-18(23)27/h2,9,13,15-16,25-26H,3,5-8,10H2,1H3,(H2,21,22,27). The van der Waals surface area contributed by atoms with Crippen LogP contribution in [0.15, 0.2) is 11.0 Å². The molecule has 1 aromatic rings. The topological polar surface area (TPSA) is 161 Å². The van der Waals surface area contributed by atoms with Crippen molar-refractivity contribution in [2.24, 2.45) is 0 Å². The molecule has 29 heavy (non-hydrogen) atoms. The number of nitrogens with zero attached hydrogens (tertiary/aromatic N) is 3. The molecule has 0 amide bonds. The SMILES string of the molecule is C#Cc1cn(C2(C#N)OC(COC(=O)CCCCCC)C(O)C2O)c(=O)nc1N. The number of unbranched alkanes of at least 4 members (excludes halogenated alkanes) is 3. The lowest BCUT2D eigenvalue weighted by molar-refractivity contribution is -0.153. The van der Waals surface area contributed by atoms with Gasteiger partial charge in [-0.3, -0.25) is 9.36 Å². The number of aliphatic hydroxyl groups is 2. The molecule has 2 rings (SSSR count).